The van der Waals surface area contributed by atoms with Crippen LogP contribution in [-0.2, 0) is 42.9 Å². The highest BCUT2D eigenvalue weighted by molar-refractivity contribution is 5.67. The highest BCUT2D eigenvalue weighted by atomic mass is 16.6. The van der Waals surface area contributed by atoms with Crippen LogP contribution in [0.5, 0.6) is 0 Å². The summed E-state index contributed by atoms with van der Waals surface area (Å²) in [5, 5.41) is 0. The second kappa shape index (κ2) is 13.1. The normalized spacial score (nSPS) is 11.5. The molecule has 0 atom stereocenters. The smallest absolute Gasteiger partial charge is 0.302 e. The summed E-state index contributed by atoms with van der Waals surface area (Å²) in [7, 11) is 0. The van der Waals surface area contributed by atoms with E-state index in [4.69, 9.17) is 23.7 Å². The minimum absolute atomic E-state index is 0.0269. The number of carbonyl (C=O) groups excluding carboxylic acids is 4. The topological polar surface area (TPSA) is 114 Å². The number of rotatable bonds is 14. The summed E-state index contributed by atoms with van der Waals surface area (Å²) < 4.78 is 26.5. The van der Waals surface area contributed by atoms with Crippen LogP contribution in [0.25, 0.3) is 0 Å². The van der Waals surface area contributed by atoms with Crippen LogP contribution in [0.15, 0.2) is 0 Å². The summed E-state index contributed by atoms with van der Waals surface area (Å²) in [6.45, 7) is 9.32. The van der Waals surface area contributed by atoms with Gasteiger partial charge in [-0.2, -0.15) is 0 Å². The molecule has 0 aliphatic heterocycles. The first-order valence-corrected chi connectivity index (χ1v) is 9.61. The van der Waals surface area contributed by atoms with Crippen molar-refractivity contribution in [1.82, 2.24) is 0 Å². The van der Waals surface area contributed by atoms with Gasteiger partial charge in [-0.05, 0) is 12.8 Å². The molecule has 0 saturated heterocycles. The van der Waals surface area contributed by atoms with E-state index in [9.17, 15) is 19.2 Å². The van der Waals surface area contributed by atoms with E-state index in [1.54, 1.807) is 0 Å². The van der Waals surface area contributed by atoms with Gasteiger partial charge < -0.3 is 23.7 Å². The monoisotopic (exact) mass is 418 g/mol. The van der Waals surface area contributed by atoms with E-state index in [0.29, 0.717) is 12.8 Å². The van der Waals surface area contributed by atoms with Crippen LogP contribution >= 0.6 is 0 Å². The zero-order chi connectivity index (χ0) is 22.5. The molecule has 0 heterocycles. The molecule has 0 aliphatic carbocycles. The summed E-state index contributed by atoms with van der Waals surface area (Å²) in [6, 6.07) is 0. The first-order valence-electron chi connectivity index (χ1n) is 9.61. The van der Waals surface area contributed by atoms with Gasteiger partial charge >= 0.3 is 23.9 Å². The molecule has 0 N–H and O–H groups in total. The molecule has 9 nitrogen and oxygen atoms in total. The average molecular weight is 418 g/mol. The van der Waals surface area contributed by atoms with Crippen LogP contribution in [0, 0.1) is 10.8 Å². The first-order chi connectivity index (χ1) is 13.5. The van der Waals surface area contributed by atoms with Gasteiger partial charge in [-0.3, -0.25) is 19.2 Å². The Morgan fingerprint density at radius 3 is 0.931 bits per heavy atom. The molecule has 168 valence electrons. The predicted octanol–water partition coefficient (Wildman–Crippen LogP) is 2.05. The van der Waals surface area contributed by atoms with Crippen molar-refractivity contribution in [2.75, 3.05) is 39.6 Å². The molecular weight excluding hydrogens is 384 g/mol. The van der Waals surface area contributed by atoms with Gasteiger partial charge in [-0.1, -0.05) is 13.8 Å². The zero-order valence-corrected chi connectivity index (χ0v) is 18.3. The molecule has 0 bridgehead atoms. The molecule has 0 aromatic carbocycles. The summed E-state index contributed by atoms with van der Waals surface area (Å²) in [5.74, 6) is -1.78. The maximum atomic E-state index is 11.3. The minimum Gasteiger partial charge on any atom is -0.465 e. The third kappa shape index (κ3) is 11.4. The van der Waals surface area contributed by atoms with E-state index < -0.39 is 34.7 Å². The van der Waals surface area contributed by atoms with Crippen LogP contribution in [-0.4, -0.2) is 63.5 Å². The Morgan fingerprint density at radius 1 is 0.517 bits per heavy atom. The molecule has 0 fully saturated rings. The molecule has 0 rings (SSSR count). The Balaban J connectivity index is 5.24. The van der Waals surface area contributed by atoms with Crippen molar-refractivity contribution in [3.63, 3.8) is 0 Å². The summed E-state index contributed by atoms with van der Waals surface area (Å²) in [4.78, 5) is 45.0. The Morgan fingerprint density at radius 2 is 0.759 bits per heavy atom. The van der Waals surface area contributed by atoms with Crippen molar-refractivity contribution < 1.29 is 42.9 Å². The van der Waals surface area contributed by atoms with Crippen LogP contribution in [0.4, 0.5) is 0 Å². The largest absolute Gasteiger partial charge is 0.465 e. The number of esters is 4. The third-order valence-electron chi connectivity index (χ3n) is 4.64. The quantitative estimate of drug-likeness (QED) is 0.309. The van der Waals surface area contributed by atoms with Gasteiger partial charge in [0.25, 0.3) is 0 Å². The lowest BCUT2D eigenvalue weighted by Crippen LogP contribution is -2.42. The molecule has 0 amide bonds. The highest BCUT2D eigenvalue weighted by Crippen LogP contribution is 2.28. The maximum absolute atomic E-state index is 11.3. The van der Waals surface area contributed by atoms with E-state index >= 15 is 0 Å². The van der Waals surface area contributed by atoms with E-state index in [2.05, 4.69) is 0 Å². The summed E-state index contributed by atoms with van der Waals surface area (Å²) in [6.07, 6.45) is 1.06. The molecule has 0 saturated carbocycles. The molecule has 0 aromatic rings. The highest BCUT2D eigenvalue weighted by Gasteiger charge is 2.36. The lowest BCUT2D eigenvalue weighted by atomic mass is 9.86. The fourth-order valence-electron chi connectivity index (χ4n) is 2.37. The van der Waals surface area contributed by atoms with Crippen LogP contribution in [0.1, 0.15) is 54.4 Å². The first kappa shape index (κ1) is 26.8. The molecule has 0 aromatic heterocycles. The van der Waals surface area contributed by atoms with Crippen molar-refractivity contribution in [2.24, 2.45) is 10.8 Å². The Bertz CT molecular complexity index is 472. The number of hydrogen-bond acceptors (Lipinski definition) is 9. The maximum Gasteiger partial charge on any atom is 0.302 e. The van der Waals surface area contributed by atoms with E-state index in [1.165, 1.54) is 27.7 Å². The molecule has 29 heavy (non-hydrogen) atoms. The van der Waals surface area contributed by atoms with Crippen LogP contribution in [0.2, 0.25) is 0 Å². The van der Waals surface area contributed by atoms with Gasteiger partial charge in [-0.25, -0.2) is 0 Å². The number of carbonyl (C=O) groups is 4. The Kier molecular flexibility index (Phi) is 12.2. The number of ether oxygens (including phenoxy) is 5. The second-order valence-corrected chi connectivity index (χ2v) is 7.32. The minimum atomic E-state index is -0.723. The summed E-state index contributed by atoms with van der Waals surface area (Å²) in [5.41, 5.74) is -1.45. The SMILES string of the molecule is CCC(COCC(CC)(COC(C)=O)COC(C)=O)(COC(C)=O)COC(C)=O. The Labute approximate surface area is 172 Å². The molecular formula is C20H34O9. The van der Waals surface area contributed by atoms with Crippen LogP contribution < -0.4 is 0 Å². The molecule has 0 spiro atoms. The van der Waals surface area contributed by atoms with Crippen LogP contribution in [0.3, 0.4) is 0 Å². The standard InChI is InChI=1S/C20H34O9/c1-7-19(11-26-15(3)21,12-27-16(4)22)9-25-10-20(8-2,13-28-17(5)23)14-29-18(6)24/h7-14H2,1-6H3. The zero-order valence-electron chi connectivity index (χ0n) is 18.3. The van der Waals surface area contributed by atoms with Gasteiger partial charge in [0.05, 0.1) is 24.0 Å². The van der Waals surface area contributed by atoms with Crippen molar-refractivity contribution in [3.8, 4) is 0 Å². The lowest BCUT2D eigenvalue weighted by molar-refractivity contribution is -0.160. The number of hydrogen-bond donors (Lipinski definition) is 0. The average Bonchev–Trinajstić information content (AvgIpc) is 2.65. The fourth-order valence-corrected chi connectivity index (χ4v) is 2.37. The molecule has 9 heteroatoms. The predicted molar refractivity (Wildman–Crippen MR) is 103 cm³/mol. The molecule has 0 radical (unpaired) electrons. The van der Waals surface area contributed by atoms with Gasteiger partial charge in [0.1, 0.15) is 26.4 Å². The van der Waals surface area contributed by atoms with Gasteiger partial charge in [0.2, 0.25) is 0 Å². The van der Waals surface area contributed by atoms with Crippen molar-refractivity contribution in [2.45, 2.75) is 54.4 Å². The van der Waals surface area contributed by atoms with E-state index in [0.717, 1.165) is 0 Å². The summed E-state index contributed by atoms with van der Waals surface area (Å²) >= 11 is 0. The fraction of sp³-hybridized carbons (Fsp3) is 0.800. The van der Waals surface area contributed by atoms with E-state index in [-0.39, 0.29) is 39.6 Å². The van der Waals surface area contributed by atoms with Gasteiger partial charge in [-0.15, -0.1) is 0 Å². The van der Waals surface area contributed by atoms with Crippen molar-refractivity contribution in [3.05, 3.63) is 0 Å². The second-order valence-electron chi connectivity index (χ2n) is 7.32. The Hall–Kier alpha value is -2.16. The molecule has 0 aliphatic rings. The van der Waals surface area contributed by atoms with Gasteiger partial charge in [0.15, 0.2) is 0 Å². The lowest BCUT2D eigenvalue weighted by Gasteiger charge is -2.35. The third-order valence-corrected chi connectivity index (χ3v) is 4.64. The van der Waals surface area contributed by atoms with E-state index in [1.807, 2.05) is 13.8 Å². The van der Waals surface area contributed by atoms with Crippen molar-refractivity contribution in [1.29, 1.82) is 0 Å². The molecule has 0 unspecified atom stereocenters. The van der Waals surface area contributed by atoms with Gasteiger partial charge in [0, 0.05) is 27.7 Å². The van der Waals surface area contributed by atoms with Crippen molar-refractivity contribution >= 4 is 23.9 Å².